The van der Waals surface area contributed by atoms with Crippen LogP contribution in [0.4, 0.5) is 0 Å². The van der Waals surface area contributed by atoms with Crippen LogP contribution in [0.1, 0.15) is 38.2 Å². The first-order valence-electron chi connectivity index (χ1n) is 7.02. The normalized spacial score (nSPS) is 14.4. The molecule has 18 heavy (non-hydrogen) atoms. The van der Waals surface area contributed by atoms with Crippen LogP contribution < -0.4 is 5.32 Å². The van der Waals surface area contributed by atoms with Crippen molar-refractivity contribution in [1.29, 1.82) is 0 Å². The van der Waals surface area contributed by atoms with Gasteiger partial charge in [-0.1, -0.05) is 44.2 Å². The molecule has 1 aromatic rings. The van der Waals surface area contributed by atoms with Gasteiger partial charge >= 0.3 is 0 Å². The van der Waals surface area contributed by atoms with E-state index >= 15 is 0 Å². The van der Waals surface area contributed by atoms with Crippen molar-refractivity contribution in [1.82, 2.24) is 5.32 Å². The first-order valence-corrected chi connectivity index (χ1v) is 7.02. The molecule has 2 heteroatoms. The number of hydrogen-bond acceptors (Lipinski definition) is 2. The topological polar surface area (TPSA) is 21.3 Å². The molecule has 1 rings (SSSR count). The van der Waals surface area contributed by atoms with Crippen molar-refractivity contribution in [3.63, 3.8) is 0 Å². The Morgan fingerprint density at radius 2 is 1.94 bits per heavy atom. The smallest absolute Gasteiger partial charge is 0.0488 e. The van der Waals surface area contributed by atoms with Gasteiger partial charge in [-0.3, -0.25) is 0 Å². The van der Waals surface area contributed by atoms with Gasteiger partial charge in [0.25, 0.3) is 0 Å². The molecule has 2 atom stereocenters. The Hall–Kier alpha value is -0.860. The van der Waals surface area contributed by atoms with E-state index in [1.165, 1.54) is 18.4 Å². The fourth-order valence-corrected chi connectivity index (χ4v) is 2.35. The summed E-state index contributed by atoms with van der Waals surface area (Å²) in [5.41, 5.74) is 1.43. The quantitative estimate of drug-likeness (QED) is 0.677. The van der Waals surface area contributed by atoms with Gasteiger partial charge in [-0.25, -0.2) is 0 Å². The van der Waals surface area contributed by atoms with Gasteiger partial charge < -0.3 is 10.1 Å². The van der Waals surface area contributed by atoms with Gasteiger partial charge in [-0.2, -0.15) is 0 Å². The largest absolute Gasteiger partial charge is 0.384 e. The van der Waals surface area contributed by atoms with Crippen molar-refractivity contribution in [3.05, 3.63) is 35.9 Å². The second-order valence-electron chi connectivity index (χ2n) is 5.11. The molecule has 0 bridgehead atoms. The highest BCUT2D eigenvalue weighted by Crippen LogP contribution is 2.23. The Bertz CT molecular complexity index is 299. The number of hydrogen-bond donors (Lipinski definition) is 1. The van der Waals surface area contributed by atoms with E-state index in [1.807, 2.05) is 0 Å². The van der Waals surface area contributed by atoms with Gasteiger partial charge in [0.15, 0.2) is 0 Å². The third kappa shape index (κ3) is 5.65. The Morgan fingerprint density at radius 1 is 1.22 bits per heavy atom. The zero-order chi connectivity index (χ0) is 13.2. The van der Waals surface area contributed by atoms with Crippen LogP contribution in [0.25, 0.3) is 0 Å². The van der Waals surface area contributed by atoms with E-state index < -0.39 is 0 Å². The molecule has 1 N–H and O–H groups in total. The van der Waals surface area contributed by atoms with Gasteiger partial charge in [0.1, 0.15) is 0 Å². The Kier molecular flexibility index (Phi) is 7.70. The van der Waals surface area contributed by atoms with Crippen molar-refractivity contribution < 1.29 is 4.74 Å². The van der Waals surface area contributed by atoms with Gasteiger partial charge in [-0.15, -0.1) is 0 Å². The summed E-state index contributed by atoms with van der Waals surface area (Å²) in [4.78, 5) is 0. The van der Waals surface area contributed by atoms with Crippen molar-refractivity contribution in [2.45, 2.75) is 32.6 Å². The predicted molar refractivity (Wildman–Crippen MR) is 78.0 cm³/mol. The molecule has 0 spiro atoms. The van der Waals surface area contributed by atoms with Crippen molar-refractivity contribution in [2.75, 3.05) is 26.8 Å². The second-order valence-corrected chi connectivity index (χ2v) is 5.11. The third-order valence-electron chi connectivity index (χ3n) is 3.23. The lowest BCUT2D eigenvalue weighted by molar-refractivity contribution is 0.151. The van der Waals surface area contributed by atoms with Crippen LogP contribution in [-0.4, -0.2) is 26.8 Å². The van der Waals surface area contributed by atoms with Gasteiger partial charge in [-0.05, 0) is 36.8 Å². The SMILES string of the molecule is CCCNCC(CC(C)COC)c1ccccc1. The molecular weight excluding hydrogens is 222 g/mol. The molecule has 0 fully saturated rings. The molecule has 0 saturated heterocycles. The number of rotatable bonds is 9. The highest BCUT2D eigenvalue weighted by Gasteiger charge is 2.14. The zero-order valence-electron chi connectivity index (χ0n) is 12.0. The Labute approximate surface area is 112 Å². The first-order chi connectivity index (χ1) is 8.77. The fourth-order valence-electron chi connectivity index (χ4n) is 2.35. The van der Waals surface area contributed by atoms with E-state index in [2.05, 4.69) is 49.5 Å². The van der Waals surface area contributed by atoms with Crippen LogP contribution in [0, 0.1) is 5.92 Å². The average molecular weight is 249 g/mol. The lowest BCUT2D eigenvalue weighted by atomic mass is 9.89. The van der Waals surface area contributed by atoms with E-state index in [0.29, 0.717) is 11.8 Å². The first kappa shape index (κ1) is 15.2. The lowest BCUT2D eigenvalue weighted by Crippen LogP contribution is -2.24. The second kappa shape index (κ2) is 9.12. The van der Waals surface area contributed by atoms with E-state index in [-0.39, 0.29) is 0 Å². The summed E-state index contributed by atoms with van der Waals surface area (Å²) in [5, 5.41) is 3.54. The minimum Gasteiger partial charge on any atom is -0.384 e. The van der Waals surface area contributed by atoms with Crippen molar-refractivity contribution in [3.8, 4) is 0 Å². The molecule has 2 nitrogen and oxygen atoms in total. The maximum Gasteiger partial charge on any atom is 0.0488 e. The summed E-state index contributed by atoms with van der Waals surface area (Å²) < 4.78 is 5.25. The minimum atomic E-state index is 0.586. The molecule has 102 valence electrons. The number of methoxy groups -OCH3 is 1. The molecule has 0 saturated carbocycles. The summed E-state index contributed by atoms with van der Waals surface area (Å²) >= 11 is 0. The van der Waals surface area contributed by atoms with Crippen LogP contribution >= 0.6 is 0 Å². The van der Waals surface area contributed by atoms with Crippen molar-refractivity contribution >= 4 is 0 Å². The van der Waals surface area contributed by atoms with Gasteiger partial charge in [0.2, 0.25) is 0 Å². The van der Waals surface area contributed by atoms with Crippen LogP contribution in [-0.2, 0) is 4.74 Å². The monoisotopic (exact) mass is 249 g/mol. The number of nitrogens with one attached hydrogen (secondary N) is 1. The molecule has 0 aliphatic carbocycles. The Balaban J connectivity index is 2.57. The van der Waals surface area contributed by atoms with Crippen LogP contribution in [0.3, 0.4) is 0 Å². The fraction of sp³-hybridized carbons (Fsp3) is 0.625. The molecule has 0 amide bonds. The average Bonchev–Trinajstić information content (AvgIpc) is 2.39. The molecule has 0 aliphatic heterocycles. The van der Waals surface area contributed by atoms with Gasteiger partial charge in [0, 0.05) is 20.3 Å². The van der Waals surface area contributed by atoms with Crippen LogP contribution in [0.2, 0.25) is 0 Å². The summed E-state index contributed by atoms with van der Waals surface area (Å²) in [6.45, 7) is 7.47. The molecule has 0 aromatic heterocycles. The number of benzene rings is 1. The zero-order valence-corrected chi connectivity index (χ0v) is 12.0. The predicted octanol–water partition coefficient (Wildman–Crippen LogP) is 3.44. The maximum absolute atomic E-state index is 5.25. The molecule has 2 unspecified atom stereocenters. The molecule has 1 aromatic carbocycles. The van der Waals surface area contributed by atoms with Gasteiger partial charge in [0.05, 0.1) is 0 Å². The summed E-state index contributed by atoms with van der Waals surface area (Å²) in [6, 6.07) is 10.8. The molecule has 0 heterocycles. The molecule has 0 aliphatic rings. The van der Waals surface area contributed by atoms with Crippen LogP contribution in [0.15, 0.2) is 30.3 Å². The van der Waals surface area contributed by atoms with E-state index in [1.54, 1.807) is 7.11 Å². The van der Waals surface area contributed by atoms with Crippen molar-refractivity contribution in [2.24, 2.45) is 5.92 Å². The van der Waals surface area contributed by atoms with Crippen LogP contribution in [0.5, 0.6) is 0 Å². The maximum atomic E-state index is 5.25. The van der Waals surface area contributed by atoms with E-state index in [0.717, 1.165) is 19.7 Å². The third-order valence-corrected chi connectivity index (χ3v) is 3.23. The standard InChI is InChI=1S/C16H27NO/c1-4-10-17-12-16(11-14(2)13-18-3)15-8-6-5-7-9-15/h5-9,14,16-17H,4,10-13H2,1-3H3. The van der Waals surface area contributed by atoms with E-state index in [9.17, 15) is 0 Å². The molecule has 0 radical (unpaired) electrons. The molecular formula is C16H27NO. The lowest BCUT2D eigenvalue weighted by Gasteiger charge is -2.21. The Morgan fingerprint density at radius 3 is 2.56 bits per heavy atom. The summed E-state index contributed by atoms with van der Waals surface area (Å²) in [6.07, 6.45) is 2.36. The minimum absolute atomic E-state index is 0.586. The summed E-state index contributed by atoms with van der Waals surface area (Å²) in [5.74, 6) is 1.19. The van der Waals surface area contributed by atoms with E-state index in [4.69, 9.17) is 4.74 Å². The highest BCUT2D eigenvalue weighted by molar-refractivity contribution is 5.19. The highest BCUT2D eigenvalue weighted by atomic mass is 16.5. The summed E-state index contributed by atoms with van der Waals surface area (Å²) in [7, 11) is 1.78. The number of ether oxygens (including phenoxy) is 1.